The Morgan fingerprint density at radius 1 is 1.06 bits per heavy atom. The number of nitrogens with one attached hydrogen (secondary N) is 3. The first-order chi connectivity index (χ1) is 14.1. The lowest BCUT2D eigenvalue weighted by Crippen LogP contribution is -2.50. The van der Waals surface area contributed by atoms with Crippen molar-refractivity contribution in [1.29, 1.82) is 0 Å². The van der Waals surface area contributed by atoms with Crippen molar-refractivity contribution in [3.8, 4) is 0 Å². The first-order valence-corrected chi connectivity index (χ1v) is 10.4. The largest absolute Gasteiger partial charge is 0.459 e. The lowest BCUT2D eigenvalue weighted by molar-refractivity contribution is -0.154. The summed E-state index contributed by atoms with van der Waals surface area (Å²) in [6.07, 6.45) is 0.314. The summed E-state index contributed by atoms with van der Waals surface area (Å²) in [4.78, 5) is 36.5. The molecule has 3 amide bonds. The predicted octanol–water partition coefficient (Wildman–Crippen LogP) is 4.29. The highest BCUT2D eigenvalue weighted by molar-refractivity contribution is 8.00. The summed E-state index contributed by atoms with van der Waals surface area (Å²) in [7, 11) is 0. The molecule has 31 heavy (non-hydrogen) atoms. The second-order valence-corrected chi connectivity index (χ2v) is 9.30. The Hall–Kier alpha value is -2.43. The van der Waals surface area contributed by atoms with Crippen molar-refractivity contribution in [2.75, 3.05) is 11.9 Å². The van der Waals surface area contributed by atoms with Gasteiger partial charge >= 0.3 is 17.5 Å². The lowest BCUT2D eigenvalue weighted by Gasteiger charge is -2.22. The van der Waals surface area contributed by atoms with Gasteiger partial charge in [0.1, 0.15) is 18.2 Å². The number of hydrogen-bond acceptors (Lipinski definition) is 5. The Kier molecular flexibility index (Phi) is 9.67. The number of hydrogen-bond donors (Lipinski definition) is 3. The molecule has 3 N–H and O–H groups in total. The summed E-state index contributed by atoms with van der Waals surface area (Å²) in [5.74, 6) is -1.09. The summed E-state index contributed by atoms with van der Waals surface area (Å²) in [6.45, 7) is 8.50. The topological polar surface area (TPSA) is 96.5 Å². The van der Waals surface area contributed by atoms with Gasteiger partial charge in [0.2, 0.25) is 5.91 Å². The zero-order valence-electron chi connectivity index (χ0n) is 18.1. The Labute approximate surface area is 183 Å². The fraction of sp³-hybridized carbons (Fsp3) is 0.550. The number of halogens is 3. The van der Waals surface area contributed by atoms with Crippen molar-refractivity contribution in [3.63, 3.8) is 0 Å². The maximum Gasteiger partial charge on any atom is 0.446 e. The van der Waals surface area contributed by atoms with E-state index in [1.807, 2.05) is 13.8 Å². The van der Waals surface area contributed by atoms with E-state index >= 15 is 0 Å². The summed E-state index contributed by atoms with van der Waals surface area (Å²) < 4.78 is 42.3. The number of amides is 3. The Bertz CT molecular complexity index is 762. The average molecular weight is 464 g/mol. The molecule has 0 aliphatic carbocycles. The van der Waals surface area contributed by atoms with Gasteiger partial charge < -0.3 is 20.7 Å². The molecule has 1 aromatic rings. The first kappa shape index (κ1) is 26.6. The maximum absolute atomic E-state index is 12.4. The van der Waals surface area contributed by atoms with E-state index in [0.717, 1.165) is 0 Å². The molecule has 1 atom stereocenters. The van der Waals surface area contributed by atoms with Crippen LogP contribution in [-0.2, 0) is 14.3 Å². The van der Waals surface area contributed by atoms with E-state index in [1.165, 1.54) is 24.3 Å². The molecule has 0 aromatic heterocycles. The molecule has 0 heterocycles. The molecular weight excluding hydrogens is 435 g/mol. The minimum atomic E-state index is -4.40. The van der Waals surface area contributed by atoms with Gasteiger partial charge in [-0.3, -0.25) is 9.59 Å². The second kappa shape index (κ2) is 11.3. The summed E-state index contributed by atoms with van der Waals surface area (Å²) in [6, 6.07) is 3.50. The predicted molar refractivity (Wildman–Crippen MR) is 113 cm³/mol. The number of benzene rings is 1. The molecule has 0 radical (unpaired) electrons. The Morgan fingerprint density at radius 3 is 2.13 bits per heavy atom. The van der Waals surface area contributed by atoms with Crippen molar-refractivity contribution in [2.45, 2.75) is 63.1 Å². The molecule has 0 aliphatic rings. The van der Waals surface area contributed by atoms with Crippen LogP contribution in [0.15, 0.2) is 29.2 Å². The highest BCUT2D eigenvalue weighted by Gasteiger charge is 2.29. The van der Waals surface area contributed by atoms with E-state index in [4.69, 9.17) is 4.74 Å². The van der Waals surface area contributed by atoms with Crippen molar-refractivity contribution in [3.05, 3.63) is 24.3 Å². The van der Waals surface area contributed by atoms with E-state index in [1.54, 1.807) is 20.8 Å². The average Bonchev–Trinajstić information content (AvgIpc) is 2.57. The first-order valence-electron chi connectivity index (χ1n) is 9.57. The van der Waals surface area contributed by atoms with Crippen molar-refractivity contribution < 1.29 is 32.3 Å². The van der Waals surface area contributed by atoms with Crippen LogP contribution in [-0.4, -0.2) is 41.6 Å². The van der Waals surface area contributed by atoms with Gasteiger partial charge in [0, 0.05) is 10.6 Å². The van der Waals surface area contributed by atoms with Crippen molar-refractivity contribution in [1.82, 2.24) is 10.6 Å². The van der Waals surface area contributed by atoms with Crippen LogP contribution in [0.5, 0.6) is 0 Å². The van der Waals surface area contributed by atoms with Gasteiger partial charge in [-0.05, 0) is 69.1 Å². The number of rotatable bonds is 8. The van der Waals surface area contributed by atoms with Crippen molar-refractivity contribution in [2.24, 2.45) is 5.92 Å². The smallest absolute Gasteiger partial charge is 0.446 e. The summed E-state index contributed by atoms with van der Waals surface area (Å²) in [5, 5.41) is 7.44. The zero-order chi connectivity index (χ0) is 23.8. The highest BCUT2D eigenvalue weighted by atomic mass is 32.2. The van der Waals surface area contributed by atoms with Gasteiger partial charge in [-0.15, -0.1) is 0 Å². The van der Waals surface area contributed by atoms with Crippen LogP contribution in [0, 0.1) is 5.92 Å². The van der Waals surface area contributed by atoms with Crippen LogP contribution in [0.25, 0.3) is 0 Å². The standard InChI is InChI=1S/C20H28F3N3O4S/c1-12(2)10-15(17(28)24-11-16(27)30-19(3,4)5)26-18(29)25-13-6-8-14(9-7-13)31-20(21,22)23/h6-9,12,15H,10-11H2,1-5H3,(H,24,28)(H2,25,26,29)/t15-/m0/s1. The van der Waals surface area contributed by atoms with E-state index in [2.05, 4.69) is 16.0 Å². The van der Waals surface area contributed by atoms with Crippen LogP contribution < -0.4 is 16.0 Å². The molecule has 0 aliphatic heterocycles. The number of ether oxygens (including phenoxy) is 1. The number of esters is 1. The second-order valence-electron chi connectivity index (χ2n) is 8.16. The summed E-state index contributed by atoms with van der Waals surface area (Å²) in [5.41, 5.74) is -4.82. The highest BCUT2D eigenvalue weighted by Crippen LogP contribution is 2.37. The molecule has 7 nitrogen and oxygen atoms in total. The number of thioether (sulfide) groups is 1. The van der Waals surface area contributed by atoms with Crippen LogP contribution in [0.2, 0.25) is 0 Å². The fourth-order valence-electron chi connectivity index (χ4n) is 2.43. The molecule has 1 rings (SSSR count). The fourth-order valence-corrected chi connectivity index (χ4v) is 2.97. The monoisotopic (exact) mass is 463 g/mol. The molecule has 1 aromatic carbocycles. The van der Waals surface area contributed by atoms with Crippen LogP contribution in [0.1, 0.15) is 41.0 Å². The third-order valence-corrected chi connectivity index (χ3v) is 4.24. The van der Waals surface area contributed by atoms with Crippen LogP contribution in [0.4, 0.5) is 23.7 Å². The molecule has 0 fully saturated rings. The molecule has 0 saturated carbocycles. The normalized spacial score (nSPS) is 12.8. The Morgan fingerprint density at radius 2 is 1.65 bits per heavy atom. The molecule has 0 spiro atoms. The molecule has 11 heteroatoms. The molecular formula is C20H28F3N3O4S. The summed E-state index contributed by atoms with van der Waals surface area (Å²) >= 11 is -0.258. The Balaban J connectivity index is 2.66. The minimum Gasteiger partial charge on any atom is -0.459 e. The quantitative estimate of drug-likeness (QED) is 0.395. The molecule has 0 unspecified atom stereocenters. The third-order valence-electron chi connectivity index (χ3n) is 3.50. The molecule has 0 bridgehead atoms. The number of carbonyl (C=O) groups excluding carboxylic acids is 3. The van der Waals surface area contributed by atoms with E-state index in [0.29, 0.717) is 6.42 Å². The number of anilines is 1. The third kappa shape index (κ3) is 12.1. The minimum absolute atomic E-state index is 0.0161. The van der Waals surface area contributed by atoms with Crippen molar-refractivity contribution >= 4 is 35.4 Å². The van der Waals surface area contributed by atoms with Gasteiger partial charge in [0.25, 0.3) is 0 Å². The van der Waals surface area contributed by atoms with E-state index in [9.17, 15) is 27.6 Å². The van der Waals surface area contributed by atoms with Crippen LogP contribution in [0.3, 0.4) is 0 Å². The number of carbonyl (C=O) groups is 3. The maximum atomic E-state index is 12.4. The zero-order valence-corrected chi connectivity index (χ0v) is 18.9. The molecule has 0 saturated heterocycles. The number of urea groups is 1. The van der Waals surface area contributed by atoms with Gasteiger partial charge in [0.15, 0.2) is 0 Å². The van der Waals surface area contributed by atoms with E-state index < -0.39 is 35.1 Å². The van der Waals surface area contributed by atoms with Gasteiger partial charge in [-0.1, -0.05) is 13.8 Å². The lowest BCUT2D eigenvalue weighted by atomic mass is 10.0. The van der Waals surface area contributed by atoms with Gasteiger partial charge in [-0.2, -0.15) is 13.2 Å². The van der Waals surface area contributed by atoms with Gasteiger partial charge in [0.05, 0.1) is 0 Å². The molecule has 174 valence electrons. The SMILES string of the molecule is CC(C)C[C@H](NC(=O)Nc1ccc(SC(F)(F)F)cc1)C(=O)NCC(=O)OC(C)(C)C. The number of alkyl halides is 3. The van der Waals surface area contributed by atoms with E-state index in [-0.39, 0.29) is 34.8 Å². The van der Waals surface area contributed by atoms with Crippen LogP contribution >= 0.6 is 11.8 Å². The van der Waals surface area contributed by atoms with Gasteiger partial charge in [-0.25, -0.2) is 4.79 Å².